The Kier molecular flexibility index (Phi) is 5.75. The Morgan fingerprint density at radius 2 is 1.23 bits per heavy atom. The van der Waals surface area contributed by atoms with Gasteiger partial charge in [-0.05, 0) is 52.9 Å². The van der Waals surface area contributed by atoms with Crippen molar-refractivity contribution < 1.29 is 14.3 Å². The number of hydrogen-bond acceptors (Lipinski definition) is 3. The number of benzene rings is 3. The molecule has 30 heavy (non-hydrogen) atoms. The zero-order chi connectivity index (χ0) is 20.9. The van der Waals surface area contributed by atoms with Gasteiger partial charge in [-0.1, -0.05) is 61.9 Å². The molecule has 150 valence electrons. The van der Waals surface area contributed by atoms with Gasteiger partial charge in [0.2, 0.25) is 0 Å². The normalized spacial score (nSPS) is 13.2. The fourth-order valence-electron chi connectivity index (χ4n) is 3.46. The molecule has 3 aromatic rings. The summed E-state index contributed by atoms with van der Waals surface area (Å²) >= 11 is 0. The average Bonchev–Trinajstić information content (AvgIpc) is 3.12. The topological polar surface area (TPSA) is 46.6 Å². The fourth-order valence-corrected chi connectivity index (χ4v) is 3.46. The molecule has 1 aliphatic rings. The van der Waals surface area contributed by atoms with E-state index in [2.05, 4.69) is 19.1 Å². The van der Waals surface area contributed by atoms with Gasteiger partial charge in [0.05, 0.1) is 5.69 Å². The van der Waals surface area contributed by atoms with E-state index in [1.54, 1.807) is 12.1 Å². The average molecular weight is 397 g/mol. The molecule has 3 aromatic carbocycles. The van der Waals surface area contributed by atoms with Gasteiger partial charge in [-0.15, -0.1) is 0 Å². The van der Waals surface area contributed by atoms with E-state index < -0.39 is 0 Å². The smallest absolute Gasteiger partial charge is 0.258 e. The molecule has 0 unspecified atom stereocenters. The van der Waals surface area contributed by atoms with Crippen molar-refractivity contribution in [1.82, 2.24) is 0 Å². The summed E-state index contributed by atoms with van der Waals surface area (Å²) in [6.07, 6.45) is 4.80. The van der Waals surface area contributed by atoms with E-state index in [0.29, 0.717) is 12.3 Å². The second-order valence-electron chi connectivity index (χ2n) is 7.27. The van der Waals surface area contributed by atoms with Crippen LogP contribution in [0.3, 0.4) is 0 Å². The molecule has 1 aliphatic heterocycles. The van der Waals surface area contributed by atoms with Gasteiger partial charge < -0.3 is 4.74 Å². The molecular formula is C26H23NO3. The van der Waals surface area contributed by atoms with E-state index in [4.69, 9.17) is 4.74 Å². The lowest BCUT2D eigenvalue weighted by molar-refractivity contribution is -0.119. The van der Waals surface area contributed by atoms with Crippen LogP contribution in [0.5, 0.6) is 5.75 Å². The number of carbonyl (C=O) groups is 2. The molecule has 0 fully saturated rings. The predicted octanol–water partition coefficient (Wildman–Crippen LogP) is 5.31. The van der Waals surface area contributed by atoms with Gasteiger partial charge in [0, 0.05) is 12.2 Å². The van der Waals surface area contributed by atoms with Crippen molar-refractivity contribution in [3.05, 3.63) is 96.1 Å². The molecule has 0 saturated heterocycles. The number of anilines is 1. The number of carbonyl (C=O) groups excluding carboxylic acids is 2. The lowest BCUT2D eigenvalue weighted by Crippen LogP contribution is -2.29. The Labute approximate surface area is 176 Å². The molecule has 0 radical (unpaired) electrons. The molecule has 0 N–H and O–H groups in total. The number of ether oxygens (including phenoxy) is 1. The first-order valence-corrected chi connectivity index (χ1v) is 10.1. The molecule has 4 nitrogen and oxygen atoms in total. The largest absolute Gasteiger partial charge is 0.489 e. The van der Waals surface area contributed by atoms with Crippen LogP contribution in [-0.4, -0.2) is 11.8 Å². The van der Waals surface area contributed by atoms with Crippen molar-refractivity contribution in [2.24, 2.45) is 0 Å². The molecule has 0 bridgehead atoms. The van der Waals surface area contributed by atoms with Crippen LogP contribution in [0, 0.1) is 0 Å². The van der Waals surface area contributed by atoms with E-state index in [-0.39, 0.29) is 11.8 Å². The summed E-state index contributed by atoms with van der Waals surface area (Å²) in [5.74, 6) is 0.254. The Balaban J connectivity index is 1.38. The summed E-state index contributed by atoms with van der Waals surface area (Å²) in [5, 5.41) is 0. The summed E-state index contributed by atoms with van der Waals surface area (Å²) in [6, 6.07) is 23.9. The van der Waals surface area contributed by atoms with Crippen molar-refractivity contribution in [3.63, 3.8) is 0 Å². The predicted molar refractivity (Wildman–Crippen MR) is 118 cm³/mol. The lowest BCUT2D eigenvalue weighted by Gasteiger charge is -2.14. The Hall–Kier alpha value is -3.66. The van der Waals surface area contributed by atoms with Crippen LogP contribution in [0.1, 0.15) is 24.5 Å². The maximum absolute atomic E-state index is 11.8. The minimum Gasteiger partial charge on any atom is -0.489 e. The van der Waals surface area contributed by atoms with Crippen molar-refractivity contribution in [3.8, 4) is 16.9 Å². The van der Waals surface area contributed by atoms with Crippen LogP contribution >= 0.6 is 0 Å². The van der Waals surface area contributed by atoms with Gasteiger partial charge in [0.25, 0.3) is 11.8 Å². The SMILES string of the molecule is CCCc1ccc(OCc2ccc(-c3ccc(N4C(=O)C=CC4=O)cc3)cc2)cc1. The number of nitrogens with zero attached hydrogens (tertiary/aromatic N) is 1. The molecule has 2 amide bonds. The molecule has 4 heteroatoms. The number of imide groups is 1. The maximum atomic E-state index is 11.8. The third kappa shape index (κ3) is 4.33. The van der Waals surface area contributed by atoms with Crippen LogP contribution in [0.2, 0.25) is 0 Å². The van der Waals surface area contributed by atoms with E-state index in [0.717, 1.165) is 35.3 Å². The zero-order valence-corrected chi connectivity index (χ0v) is 16.9. The number of amides is 2. The van der Waals surface area contributed by atoms with Crippen LogP contribution in [0.15, 0.2) is 84.9 Å². The summed E-state index contributed by atoms with van der Waals surface area (Å²) < 4.78 is 5.89. The van der Waals surface area contributed by atoms with Crippen molar-refractivity contribution in [2.45, 2.75) is 26.4 Å². The van der Waals surface area contributed by atoms with Gasteiger partial charge in [-0.2, -0.15) is 0 Å². The van der Waals surface area contributed by atoms with Crippen LogP contribution < -0.4 is 9.64 Å². The number of hydrogen-bond donors (Lipinski definition) is 0. The zero-order valence-electron chi connectivity index (χ0n) is 16.9. The Bertz CT molecular complexity index is 1050. The van der Waals surface area contributed by atoms with E-state index in [1.165, 1.54) is 22.6 Å². The molecule has 0 aromatic heterocycles. The molecule has 0 spiro atoms. The van der Waals surface area contributed by atoms with Gasteiger partial charge in [-0.3, -0.25) is 9.59 Å². The fraction of sp³-hybridized carbons (Fsp3) is 0.154. The molecule has 0 atom stereocenters. The minimum atomic E-state index is -0.308. The molecule has 4 rings (SSSR count). The summed E-state index contributed by atoms with van der Waals surface area (Å²) in [7, 11) is 0. The first-order chi connectivity index (χ1) is 14.6. The standard InChI is InChI=1S/C26H23NO3/c1-2-3-19-6-14-24(15-7-19)30-18-20-4-8-21(9-5-20)22-10-12-23(13-11-22)27-25(28)16-17-26(27)29/h4-17H,2-3,18H2,1H3. The maximum Gasteiger partial charge on any atom is 0.258 e. The minimum absolute atomic E-state index is 0.308. The van der Waals surface area contributed by atoms with Gasteiger partial charge >= 0.3 is 0 Å². The summed E-state index contributed by atoms with van der Waals surface area (Å²) in [5.41, 5.74) is 5.08. The van der Waals surface area contributed by atoms with Crippen LogP contribution in [0.25, 0.3) is 11.1 Å². The molecule has 0 aliphatic carbocycles. The highest BCUT2D eigenvalue weighted by atomic mass is 16.5. The first kappa shape index (κ1) is 19.6. The summed E-state index contributed by atoms with van der Waals surface area (Å²) in [4.78, 5) is 24.8. The first-order valence-electron chi connectivity index (χ1n) is 10.1. The Morgan fingerprint density at radius 3 is 1.80 bits per heavy atom. The highest BCUT2D eigenvalue weighted by molar-refractivity contribution is 6.28. The van der Waals surface area contributed by atoms with Gasteiger partial charge in [0.1, 0.15) is 12.4 Å². The number of aryl methyl sites for hydroxylation is 1. The van der Waals surface area contributed by atoms with E-state index in [1.807, 2.05) is 48.5 Å². The third-order valence-electron chi connectivity index (χ3n) is 5.09. The highest BCUT2D eigenvalue weighted by Crippen LogP contribution is 2.25. The van der Waals surface area contributed by atoms with Crippen molar-refractivity contribution in [1.29, 1.82) is 0 Å². The van der Waals surface area contributed by atoms with Crippen LogP contribution in [0.4, 0.5) is 5.69 Å². The third-order valence-corrected chi connectivity index (χ3v) is 5.09. The second-order valence-corrected chi connectivity index (χ2v) is 7.27. The molecular weight excluding hydrogens is 374 g/mol. The molecule has 1 heterocycles. The van der Waals surface area contributed by atoms with Crippen molar-refractivity contribution in [2.75, 3.05) is 4.90 Å². The molecule has 0 saturated carbocycles. The second kappa shape index (κ2) is 8.78. The van der Waals surface area contributed by atoms with Gasteiger partial charge in [0.15, 0.2) is 0 Å². The summed E-state index contributed by atoms with van der Waals surface area (Å²) in [6.45, 7) is 2.69. The quantitative estimate of drug-likeness (QED) is 0.507. The van der Waals surface area contributed by atoms with Crippen molar-refractivity contribution >= 4 is 17.5 Å². The van der Waals surface area contributed by atoms with Gasteiger partial charge in [-0.25, -0.2) is 4.90 Å². The number of rotatable bonds is 7. The van der Waals surface area contributed by atoms with Crippen LogP contribution in [-0.2, 0) is 22.6 Å². The monoisotopic (exact) mass is 397 g/mol. The van der Waals surface area contributed by atoms with E-state index in [9.17, 15) is 9.59 Å². The lowest BCUT2D eigenvalue weighted by atomic mass is 10.0. The Morgan fingerprint density at radius 1 is 0.700 bits per heavy atom. The highest BCUT2D eigenvalue weighted by Gasteiger charge is 2.24. The van der Waals surface area contributed by atoms with E-state index >= 15 is 0 Å².